The highest BCUT2D eigenvalue weighted by molar-refractivity contribution is 9.10. The van der Waals surface area contributed by atoms with Crippen LogP contribution in [0.15, 0.2) is 34.2 Å². The Labute approximate surface area is 185 Å². The maximum absolute atomic E-state index is 11.3. The molecule has 4 rings (SSSR count). The highest BCUT2D eigenvalue weighted by Crippen LogP contribution is 2.44. The van der Waals surface area contributed by atoms with Crippen LogP contribution >= 0.6 is 39.0 Å². The van der Waals surface area contributed by atoms with Gasteiger partial charge in [0.05, 0.1) is 7.11 Å². The van der Waals surface area contributed by atoms with Gasteiger partial charge in [0, 0.05) is 4.88 Å². The fourth-order valence-electron chi connectivity index (χ4n) is 3.48. The summed E-state index contributed by atoms with van der Waals surface area (Å²) in [5.41, 5.74) is 3.86. The standard InChI is InChI=1S/C20H20BrN3O3S2/c1-11(18(25)26)28-20-23-22-19(21)24(20)17-15-6-4-3-5-14(15)16(29-17)12-7-9-13(27-2)10-8-12/h7-11H,3-6H2,1-2H3,(H,25,26). The largest absolute Gasteiger partial charge is 0.497 e. The summed E-state index contributed by atoms with van der Waals surface area (Å²) in [5, 5.41) is 18.7. The summed E-state index contributed by atoms with van der Waals surface area (Å²) in [6.07, 6.45) is 4.36. The maximum atomic E-state index is 11.3. The second-order valence-corrected chi connectivity index (χ2v) is 9.83. The van der Waals surface area contributed by atoms with Crippen molar-refractivity contribution in [2.45, 2.75) is 43.0 Å². The third kappa shape index (κ3) is 3.95. The number of benzene rings is 1. The van der Waals surface area contributed by atoms with E-state index in [-0.39, 0.29) is 0 Å². The number of carbonyl (C=O) groups is 1. The Bertz CT molecular complexity index is 1050. The molecule has 0 saturated heterocycles. The maximum Gasteiger partial charge on any atom is 0.316 e. The number of thioether (sulfide) groups is 1. The van der Waals surface area contributed by atoms with E-state index in [2.05, 4.69) is 38.3 Å². The van der Waals surface area contributed by atoms with Gasteiger partial charge in [0.25, 0.3) is 0 Å². The third-order valence-corrected chi connectivity index (χ3v) is 7.83. The molecular weight excluding hydrogens is 474 g/mol. The number of hydrogen-bond acceptors (Lipinski definition) is 6. The van der Waals surface area contributed by atoms with Crippen LogP contribution in [0.25, 0.3) is 15.4 Å². The predicted octanol–water partition coefficient (Wildman–Crippen LogP) is 5.21. The molecule has 0 saturated carbocycles. The number of aromatic nitrogens is 3. The normalized spacial score (nSPS) is 14.4. The smallest absolute Gasteiger partial charge is 0.316 e. The van der Waals surface area contributed by atoms with Crippen LogP contribution in [0, 0.1) is 0 Å². The van der Waals surface area contributed by atoms with Crippen molar-refractivity contribution in [1.82, 2.24) is 14.8 Å². The number of nitrogens with zero attached hydrogens (tertiary/aromatic N) is 3. The number of methoxy groups -OCH3 is 1. The van der Waals surface area contributed by atoms with E-state index < -0.39 is 11.2 Å². The van der Waals surface area contributed by atoms with E-state index in [0.717, 1.165) is 35.6 Å². The lowest BCUT2D eigenvalue weighted by atomic mass is 9.91. The van der Waals surface area contributed by atoms with Gasteiger partial charge in [0.2, 0.25) is 4.73 Å². The summed E-state index contributed by atoms with van der Waals surface area (Å²) >= 11 is 6.43. The number of halogens is 1. The number of carboxylic acid groups (broad SMARTS) is 1. The molecule has 0 aliphatic heterocycles. The second kappa shape index (κ2) is 8.49. The van der Waals surface area contributed by atoms with Crippen LogP contribution in [0.5, 0.6) is 5.75 Å². The van der Waals surface area contributed by atoms with Gasteiger partial charge in [-0.25, -0.2) is 0 Å². The third-order valence-electron chi connectivity index (χ3n) is 4.98. The van der Waals surface area contributed by atoms with Crippen molar-refractivity contribution in [3.63, 3.8) is 0 Å². The van der Waals surface area contributed by atoms with Crippen LogP contribution in [0.1, 0.15) is 30.9 Å². The van der Waals surface area contributed by atoms with Crippen LogP contribution in [-0.2, 0) is 17.6 Å². The zero-order valence-electron chi connectivity index (χ0n) is 16.0. The Hall–Kier alpha value is -1.84. The monoisotopic (exact) mass is 493 g/mol. The summed E-state index contributed by atoms with van der Waals surface area (Å²) in [4.78, 5) is 12.6. The molecular formula is C20H20BrN3O3S2. The van der Waals surface area contributed by atoms with Gasteiger partial charge in [-0.3, -0.25) is 9.36 Å². The lowest BCUT2D eigenvalue weighted by Gasteiger charge is -2.15. The molecule has 1 unspecified atom stereocenters. The summed E-state index contributed by atoms with van der Waals surface area (Å²) in [6, 6.07) is 8.14. The lowest BCUT2D eigenvalue weighted by Crippen LogP contribution is -2.13. The Balaban J connectivity index is 1.82. The second-order valence-electron chi connectivity index (χ2n) is 6.81. The molecule has 29 heavy (non-hydrogen) atoms. The lowest BCUT2D eigenvalue weighted by molar-refractivity contribution is -0.136. The van der Waals surface area contributed by atoms with E-state index in [9.17, 15) is 9.90 Å². The van der Waals surface area contributed by atoms with E-state index in [1.807, 2.05) is 16.7 Å². The summed E-state index contributed by atoms with van der Waals surface area (Å²) in [7, 11) is 1.67. The fraction of sp³-hybridized carbons (Fsp3) is 0.350. The van der Waals surface area contributed by atoms with E-state index in [1.165, 1.54) is 34.2 Å². The molecule has 0 fully saturated rings. The van der Waals surface area contributed by atoms with Gasteiger partial charge in [-0.2, -0.15) is 0 Å². The molecule has 1 aliphatic carbocycles. The Morgan fingerprint density at radius 2 is 1.93 bits per heavy atom. The highest BCUT2D eigenvalue weighted by atomic mass is 79.9. The molecule has 0 spiro atoms. The van der Waals surface area contributed by atoms with Gasteiger partial charge in [0.15, 0.2) is 5.16 Å². The number of ether oxygens (including phenoxy) is 1. The van der Waals surface area contributed by atoms with Crippen molar-refractivity contribution in [3.8, 4) is 21.2 Å². The van der Waals surface area contributed by atoms with Crippen LogP contribution in [0.4, 0.5) is 0 Å². The zero-order chi connectivity index (χ0) is 20.5. The molecule has 1 aliphatic rings. The number of fused-ring (bicyclic) bond motifs is 1. The fourth-order valence-corrected chi connectivity index (χ4v) is 6.39. The quantitative estimate of drug-likeness (QED) is 0.474. The summed E-state index contributed by atoms with van der Waals surface area (Å²) < 4.78 is 7.84. The number of carboxylic acids is 1. The van der Waals surface area contributed by atoms with E-state index in [1.54, 1.807) is 25.4 Å². The molecule has 3 aromatic rings. The van der Waals surface area contributed by atoms with Gasteiger partial charge >= 0.3 is 5.97 Å². The molecule has 9 heteroatoms. The number of thiophene rings is 1. The van der Waals surface area contributed by atoms with E-state index in [4.69, 9.17) is 4.74 Å². The first-order chi connectivity index (χ1) is 14.0. The van der Waals surface area contributed by atoms with Crippen molar-refractivity contribution >= 4 is 45.0 Å². The summed E-state index contributed by atoms with van der Waals surface area (Å²) in [6.45, 7) is 1.66. The van der Waals surface area contributed by atoms with Crippen LogP contribution < -0.4 is 4.74 Å². The highest BCUT2D eigenvalue weighted by Gasteiger charge is 2.27. The minimum atomic E-state index is -0.868. The molecule has 1 atom stereocenters. The summed E-state index contributed by atoms with van der Waals surface area (Å²) in [5.74, 6) is -0.0323. The first-order valence-corrected chi connectivity index (χ1v) is 11.8. The Morgan fingerprint density at radius 3 is 2.59 bits per heavy atom. The van der Waals surface area contributed by atoms with Crippen LogP contribution in [0.2, 0.25) is 0 Å². The molecule has 2 heterocycles. The van der Waals surface area contributed by atoms with Crippen molar-refractivity contribution in [3.05, 3.63) is 40.1 Å². The Morgan fingerprint density at radius 1 is 1.24 bits per heavy atom. The van der Waals surface area contributed by atoms with Crippen molar-refractivity contribution in [1.29, 1.82) is 0 Å². The average Bonchev–Trinajstić information content (AvgIpc) is 3.28. The van der Waals surface area contributed by atoms with Crippen molar-refractivity contribution in [2.75, 3.05) is 7.11 Å². The SMILES string of the molecule is COc1ccc(-c2sc(-n3c(Br)nnc3SC(C)C(=O)O)c3c2CCCC3)cc1. The molecule has 0 radical (unpaired) electrons. The molecule has 0 amide bonds. The van der Waals surface area contributed by atoms with Crippen molar-refractivity contribution in [2.24, 2.45) is 0 Å². The minimum absolute atomic E-state index is 0.586. The number of hydrogen-bond donors (Lipinski definition) is 1. The molecule has 0 bridgehead atoms. The average molecular weight is 494 g/mol. The zero-order valence-corrected chi connectivity index (χ0v) is 19.2. The van der Waals surface area contributed by atoms with E-state index in [0.29, 0.717) is 9.89 Å². The molecule has 1 N–H and O–H groups in total. The van der Waals surface area contributed by atoms with Crippen LogP contribution in [-0.4, -0.2) is 38.2 Å². The van der Waals surface area contributed by atoms with Crippen LogP contribution in [0.3, 0.4) is 0 Å². The molecule has 1 aromatic carbocycles. The van der Waals surface area contributed by atoms with E-state index >= 15 is 0 Å². The van der Waals surface area contributed by atoms with Gasteiger partial charge < -0.3 is 9.84 Å². The van der Waals surface area contributed by atoms with Gasteiger partial charge in [-0.1, -0.05) is 11.8 Å². The minimum Gasteiger partial charge on any atom is -0.497 e. The Kier molecular flexibility index (Phi) is 5.98. The van der Waals surface area contributed by atoms with Gasteiger partial charge in [-0.15, -0.1) is 21.5 Å². The topological polar surface area (TPSA) is 77.2 Å². The molecule has 6 nitrogen and oxygen atoms in total. The molecule has 152 valence electrons. The first-order valence-electron chi connectivity index (χ1n) is 9.29. The van der Waals surface area contributed by atoms with Gasteiger partial charge in [-0.05, 0) is 89.5 Å². The predicted molar refractivity (Wildman–Crippen MR) is 119 cm³/mol. The molecule has 2 aromatic heterocycles. The number of aliphatic carboxylic acids is 1. The number of rotatable bonds is 6. The van der Waals surface area contributed by atoms with Gasteiger partial charge in [0.1, 0.15) is 16.0 Å². The first kappa shape index (κ1) is 20.4. The van der Waals surface area contributed by atoms with Crippen molar-refractivity contribution < 1.29 is 14.6 Å².